The molecule has 13 rings (SSSR count). The van der Waals surface area contributed by atoms with E-state index in [-0.39, 0.29) is 77.2 Å². The van der Waals surface area contributed by atoms with Crippen molar-refractivity contribution in [2.24, 2.45) is 35.1 Å². The number of nitriles is 1. The second-order valence-corrected chi connectivity index (χ2v) is 29.0. The molecule has 0 radical (unpaired) electrons. The van der Waals surface area contributed by atoms with E-state index in [1.165, 1.54) is 62.1 Å². The fourth-order valence-electron chi connectivity index (χ4n) is 13.6. The first-order valence-corrected chi connectivity index (χ1v) is 39.6. The second-order valence-electron chi connectivity index (χ2n) is 28.2. The van der Waals surface area contributed by atoms with E-state index in [4.69, 9.17) is 31.3 Å². The fraction of sp³-hybridized carbons (Fsp3) is 0.450. The Balaban J connectivity index is 0.000000188. The highest BCUT2D eigenvalue weighted by molar-refractivity contribution is 8.03. The molecular formula is C80H100F6N20O11S. The number of alkyl halides is 6. The number of para-hydroxylation sites is 2. The molecule has 0 unspecified atom stereocenters. The van der Waals surface area contributed by atoms with Crippen LogP contribution in [0.25, 0.3) is 0 Å². The van der Waals surface area contributed by atoms with E-state index in [1.54, 1.807) is 24.6 Å². The zero-order chi connectivity index (χ0) is 84.5. The van der Waals surface area contributed by atoms with Gasteiger partial charge in [0.05, 0.1) is 28.8 Å². The number of nitrogens with zero attached hydrogens (tertiary/aromatic N) is 13. The van der Waals surface area contributed by atoms with Crippen LogP contribution in [0.1, 0.15) is 150 Å². The summed E-state index contributed by atoms with van der Waals surface area (Å²) in [6, 6.07) is 32.5. The number of hydrogen-bond donors (Lipinski definition) is 8. The maximum absolute atomic E-state index is 12.6. The maximum Gasteiger partial charge on any atom is 0.573 e. The summed E-state index contributed by atoms with van der Waals surface area (Å²) in [6.07, 6.45) is 26.6. The van der Waals surface area contributed by atoms with Crippen LogP contribution in [0.2, 0.25) is 0 Å². The minimum Gasteiger partial charge on any atom is -0.445 e. The Morgan fingerprint density at radius 3 is 1.31 bits per heavy atom. The standard InChI is InChI=1S/C22H24F3N7O3.C18H23N3O2.C15H22N2O2.C13H8F3N5O3S.C10H17N3.C2H6O/c23-22(24,25)35-19-4-2-1-3-16(19)12-28-21-29-13-18(32(33)34)20(30-21)27-11-15-5-7-17(8-6-15)31-10-9-26-14-31;22-18(23-13-16-4-2-1-3-5-16)20-12-15-6-8-17(9-7-15)21-11-10-19-14-21;16-14-8-6-12(7-9-14)10-17-15(18)19-11-13-4-2-1-3-5-13;14-13(15,16)24-10-4-2-1-3-8(10)5-18-12-19-6-9(21(22)23)11(20-12)25-7-17;11-7-9-1-3-10(4-2-9)13-6-5-12-8-13;1-2-3/h1-4,9-10,13-15,17H,5-8,11-12H2,(H2,27,28,29,30);1-5,10-11,14-15,17H,6-9,12-13H2,(H,20,22);1-5,12,14H,6-11,16H2,(H,17,18);1-4,6H,5H2,(H,18,19,20);5-6,8-10H,1-4,7,11H2;3H,2H2,1H3. The van der Waals surface area contributed by atoms with Gasteiger partial charge >= 0.3 is 36.3 Å². The summed E-state index contributed by atoms with van der Waals surface area (Å²) >= 11 is 0.476. The third-order valence-corrected chi connectivity index (χ3v) is 20.5. The quantitative estimate of drug-likeness (QED) is 0.00623. The number of aliphatic hydroxyl groups excluding tert-OH is 1. The van der Waals surface area contributed by atoms with Crippen LogP contribution < -0.4 is 47.5 Å². The number of amides is 2. The van der Waals surface area contributed by atoms with Crippen molar-refractivity contribution in [1.82, 2.24) is 59.2 Å². The number of aliphatic hydroxyl groups is 1. The molecule has 9 aromatic rings. The number of nitrogens with one attached hydrogen (secondary N) is 5. The minimum atomic E-state index is -4.84. The number of ether oxygens (including phenoxy) is 4. The van der Waals surface area contributed by atoms with E-state index in [1.807, 2.05) is 104 Å². The lowest BCUT2D eigenvalue weighted by Crippen LogP contribution is -2.34. The normalized spacial score (nSPS) is 18.8. The maximum atomic E-state index is 12.6. The van der Waals surface area contributed by atoms with Crippen LogP contribution in [0.5, 0.6) is 11.5 Å². The number of hydrogen-bond acceptors (Lipinski definition) is 25. The van der Waals surface area contributed by atoms with Crippen molar-refractivity contribution in [3.05, 3.63) is 220 Å². The van der Waals surface area contributed by atoms with Gasteiger partial charge in [-0.15, -0.1) is 26.3 Å². The third-order valence-electron chi connectivity index (χ3n) is 19.9. The van der Waals surface area contributed by atoms with E-state index >= 15 is 0 Å². The van der Waals surface area contributed by atoms with E-state index in [0.29, 0.717) is 86.5 Å². The van der Waals surface area contributed by atoms with Crippen LogP contribution in [0, 0.1) is 54.6 Å². The molecular weight excluding hydrogens is 1560 g/mol. The summed E-state index contributed by atoms with van der Waals surface area (Å²) in [5, 5.41) is 54.2. The predicted octanol–water partition coefficient (Wildman–Crippen LogP) is 15.9. The number of halogens is 6. The van der Waals surface area contributed by atoms with Gasteiger partial charge in [-0.1, -0.05) is 97.1 Å². The molecule has 4 saturated carbocycles. The molecule has 5 heterocycles. The SMILES string of the molecule is CCO.N#CSc1nc(NCc2ccccc2OC(F)(F)F)ncc1[N+](=O)[O-].NC1CCC(CNC(=O)OCc2ccccc2)CC1.NCC1CCC(n2ccnc2)CC1.O=C(NCC1CCC(n2ccnc2)CC1)OCc1ccccc1.O=[N+]([O-])c1cnc(NCc2ccccc2OC(F)(F)F)nc1NCC1CCC(n2ccnc2)CC1. The Hall–Kier alpha value is -11.7. The zero-order valence-electron chi connectivity index (χ0n) is 65.2. The summed E-state index contributed by atoms with van der Waals surface area (Å²) in [5.41, 5.74) is 13.2. The number of nitrogens with two attached hydrogens (primary N) is 2. The Morgan fingerprint density at radius 2 is 0.924 bits per heavy atom. The third kappa shape index (κ3) is 33.1. The lowest BCUT2D eigenvalue weighted by Gasteiger charge is -2.29. The van der Waals surface area contributed by atoms with Crippen molar-refractivity contribution in [3.8, 4) is 16.9 Å². The lowest BCUT2D eigenvalue weighted by atomic mass is 9.86. The Kier molecular flexibility index (Phi) is 37.9. The highest BCUT2D eigenvalue weighted by atomic mass is 32.2. The van der Waals surface area contributed by atoms with Crippen molar-refractivity contribution in [2.45, 2.75) is 178 Å². The number of carbonyl (C=O) groups excluding carboxylic acids is 2. The molecule has 0 spiro atoms. The van der Waals surface area contributed by atoms with Crippen LogP contribution in [-0.2, 0) is 35.8 Å². The summed E-state index contributed by atoms with van der Waals surface area (Å²) in [5.74, 6) is 1.46. The smallest absolute Gasteiger partial charge is 0.445 e. The average Bonchev–Trinajstić information content (AvgIpc) is 1.19. The van der Waals surface area contributed by atoms with Crippen LogP contribution >= 0.6 is 11.8 Å². The van der Waals surface area contributed by atoms with Gasteiger partial charge < -0.3 is 75.8 Å². The predicted molar refractivity (Wildman–Crippen MR) is 429 cm³/mol. The molecule has 4 aromatic carbocycles. The molecule has 4 aliphatic rings. The van der Waals surface area contributed by atoms with Gasteiger partial charge in [0.2, 0.25) is 17.7 Å². The molecule has 0 saturated heterocycles. The number of carbonyl (C=O) groups is 2. The summed E-state index contributed by atoms with van der Waals surface area (Å²) in [6.45, 7) is 5.14. The van der Waals surface area contributed by atoms with Crippen molar-refractivity contribution >= 4 is 53.0 Å². The summed E-state index contributed by atoms with van der Waals surface area (Å²) in [4.78, 5) is 72.2. The molecule has 0 aliphatic heterocycles. The van der Waals surface area contributed by atoms with Crippen molar-refractivity contribution in [3.63, 3.8) is 0 Å². The minimum absolute atomic E-state index is 0.0451. The van der Waals surface area contributed by atoms with Crippen molar-refractivity contribution in [1.29, 1.82) is 5.26 Å². The fourth-order valence-corrected chi connectivity index (χ4v) is 14.0. The number of benzene rings is 4. The number of rotatable bonds is 26. The number of thioether (sulfide) groups is 1. The first kappa shape index (κ1) is 91.8. The number of anilines is 3. The van der Waals surface area contributed by atoms with Gasteiger partial charge in [-0.2, -0.15) is 15.2 Å². The Morgan fingerprint density at radius 1 is 0.551 bits per heavy atom. The summed E-state index contributed by atoms with van der Waals surface area (Å²) < 4.78 is 100.0. The van der Waals surface area contributed by atoms with Crippen LogP contribution in [0.4, 0.5) is 65.0 Å². The summed E-state index contributed by atoms with van der Waals surface area (Å²) in [7, 11) is 0. The average molecular weight is 1660 g/mol. The molecule has 4 aliphatic carbocycles. The van der Waals surface area contributed by atoms with Gasteiger partial charge in [-0.05, 0) is 163 Å². The number of nitro groups is 2. The molecule has 31 nitrogen and oxygen atoms in total. The molecule has 118 heavy (non-hydrogen) atoms. The van der Waals surface area contributed by atoms with Crippen LogP contribution in [0.15, 0.2) is 183 Å². The molecule has 0 bridgehead atoms. The molecule has 4 fully saturated rings. The Bertz CT molecular complexity index is 4440. The molecule has 634 valence electrons. The number of aromatic nitrogens is 10. The highest BCUT2D eigenvalue weighted by Gasteiger charge is 2.34. The monoisotopic (exact) mass is 1660 g/mol. The van der Waals surface area contributed by atoms with Gasteiger partial charge in [0, 0.05) is 124 Å². The van der Waals surface area contributed by atoms with Gasteiger partial charge in [0.1, 0.15) is 42.5 Å². The van der Waals surface area contributed by atoms with E-state index < -0.39 is 34.0 Å². The zero-order valence-corrected chi connectivity index (χ0v) is 66.0. The number of alkyl carbamates (subject to hydrolysis) is 2. The van der Waals surface area contributed by atoms with E-state index in [9.17, 15) is 56.2 Å². The molecule has 10 N–H and O–H groups in total. The number of imidazole rings is 3. The van der Waals surface area contributed by atoms with Crippen molar-refractivity contribution < 1.29 is 69.8 Å². The largest absolute Gasteiger partial charge is 0.573 e. The highest BCUT2D eigenvalue weighted by Crippen LogP contribution is 2.37. The first-order valence-electron chi connectivity index (χ1n) is 38.8. The molecule has 0 atom stereocenters. The topological polar surface area (TPSA) is 419 Å². The molecule has 38 heteroatoms. The van der Waals surface area contributed by atoms with E-state index in [2.05, 4.69) is 90.8 Å². The van der Waals surface area contributed by atoms with Gasteiger partial charge in [-0.25, -0.2) is 34.5 Å². The van der Waals surface area contributed by atoms with Gasteiger partial charge in [0.15, 0.2) is 5.03 Å². The van der Waals surface area contributed by atoms with E-state index in [0.717, 1.165) is 119 Å². The molecule has 2 amide bonds. The first-order chi connectivity index (χ1) is 56.9. The lowest BCUT2D eigenvalue weighted by molar-refractivity contribution is -0.388. The second kappa shape index (κ2) is 48.8. The van der Waals surface area contributed by atoms with Crippen LogP contribution in [0.3, 0.4) is 0 Å². The molecule has 5 aromatic heterocycles. The van der Waals surface area contributed by atoms with Gasteiger partial charge in [-0.3, -0.25) is 20.2 Å². The number of thiocyanates is 1. The van der Waals surface area contributed by atoms with Crippen LogP contribution in [-0.4, -0.2) is 127 Å². The Labute approximate surface area is 683 Å². The van der Waals surface area contributed by atoms with Gasteiger partial charge in [0.25, 0.3) is 0 Å². The van der Waals surface area contributed by atoms with Crippen molar-refractivity contribution in [2.75, 3.05) is 48.7 Å².